The minimum absolute atomic E-state index is 0.0807. The van der Waals surface area contributed by atoms with Crippen LogP contribution in [0.4, 0.5) is 0 Å². The van der Waals surface area contributed by atoms with Crippen LogP contribution >= 0.6 is 0 Å². The van der Waals surface area contributed by atoms with Crippen LogP contribution in [-0.2, 0) is 0 Å². The Kier molecular flexibility index (Phi) is 3.21. The summed E-state index contributed by atoms with van der Waals surface area (Å²) < 4.78 is 1.74. The van der Waals surface area contributed by atoms with Gasteiger partial charge in [0.15, 0.2) is 0 Å². The van der Waals surface area contributed by atoms with Crippen LogP contribution in [0, 0.1) is 0 Å². The van der Waals surface area contributed by atoms with Crippen LogP contribution in [0.15, 0.2) is 30.6 Å². The highest BCUT2D eigenvalue weighted by Crippen LogP contribution is 2.29. The molecule has 1 fully saturated rings. The van der Waals surface area contributed by atoms with Gasteiger partial charge >= 0.3 is 0 Å². The van der Waals surface area contributed by atoms with Crippen molar-refractivity contribution in [1.29, 1.82) is 0 Å². The molecule has 100 valence electrons. The third-order valence-electron chi connectivity index (χ3n) is 3.51. The van der Waals surface area contributed by atoms with E-state index in [2.05, 4.69) is 5.10 Å². The van der Waals surface area contributed by atoms with E-state index in [-0.39, 0.29) is 5.91 Å². The first-order valence-corrected chi connectivity index (χ1v) is 6.74. The fraction of sp³-hybridized carbons (Fsp3) is 0.429. The third-order valence-corrected chi connectivity index (χ3v) is 3.51. The van der Waals surface area contributed by atoms with Crippen LogP contribution in [0.1, 0.15) is 29.6 Å². The summed E-state index contributed by atoms with van der Waals surface area (Å²) in [7, 11) is 0. The predicted molar refractivity (Wildman–Crippen MR) is 72.9 cm³/mol. The molecule has 1 saturated carbocycles. The highest BCUT2D eigenvalue weighted by molar-refractivity contribution is 6.00. The number of carbonyl (C=O) groups is 1. The first-order chi connectivity index (χ1) is 9.31. The summed E-state index contributed by atoms with van der Waals surface area (Å²) in [4.78, 5) is 14.6. The lowest BCUT2D eigenvalue weighted by Crippen LogP contribution is -2.34. The number of nitrogens with zero attached hydrogens (tertiary/aromatic N) is 3. The molecule has 0 bridgehead atoms. The van der Waals surface area contributed by atoms with E-state index in [4.69, 9.17) is 5.73 Å². The maximum Gasteiger partial charge on any atom is 0.257 e. The van der Waals surface area contributed by atoms with Gasteiger partial charge in [-0.15, -0.1) is 0 Å². The lowest BCUT2D eigenvalue weighted by atomic mass is 10.2. The lowest BCUT2D eigenvalue weighted by Gasteiger charge is -2.21. The second-order valence-electron chi connectivity index (χ2n) is 4.96. The predicted octanol–water partition coefficient (Wildman–Crippen LogP) is 1.29. The van der Waals surface area contributed by atoms with Gasteiger partial charge in [-0.25, -0.2) is 4.52 Å². The maximum absolute atomic E-state index is 12.6. The molecule has 0 atom stereocenters. The van der Waals surface area contributed by atoms with Crippen molar-refractivity contribution in [2.45, 2.75) is 25.3 Å². The summed E-state index contributed by atoms with van der Waals surface area (Å²) in [5, 5.41) is 4.23. The monoisotopic (exact) mass is 258 g/mol. The van der Waals surface area contributed by atoms with Crippen molar-refractivity contribution in [3.8, 4) is 0 Å². The Labute approximate surface area is 112 Å². The van der Waals surface area contributed by atoms with Gasteiger partial charge < -0.3 is 10.6 Å². The van der Waals surface area contributed by atoms with Gasteiger partial charge in [-0.1, -0.05) is 6.07 Å². The average Bonchev–Trinajstić information content (AvgIpc) is 3.18. The van der Waals surface area contributed by atoms with Crippen LogP contribution in [-0.4, -0.2) is 39.6 Å². The summed E-state index contributed by atoms with van der Waals surface area (Å²) in [6.45, 7) is 1.36. The normalized spacial score (nSPS) is 14.8. The Bertz CT molecular complexity index is 588. The van der Waals surface area contributed by atoms with Crippen molar-refractivity contribution in [3.63, 3.8) is 0 Å². The van der Waals surface area contributed by atoms with E-state index >= 15 is 0 Å². The Morgan fingerprint density at radius 3 is 3.05 bits per heavy atom. The molecule has 19 heavy (non-hydrogen) atoms. The summed E-state index contributed by atoms with van der Waals surface area (Å²) in [5.74, 6) is 0.0807. The average molecular weight is 258 g/mol. The summed E-state index contributed by atoms with van der Waals surface area (Å²) in [6.07, 6.45) is 6.58. The molecule has 0 spiro atoms. The van der Waals surface area contributed by atoms with E-state index in [1.165, 1.54) is 0 Å². The number of rotatable bonds is 5. The van der Waals surface area contributed by atoms with Gasteiger partial charge in [-0.05, 0) is 37.9 Å². The second-order valence-corrected chi connectivity index (χ2v) is 4.96. The number of hydrogen-bond donors (Lipinski definition) is 1. The number of fused-ring (bicyclic) bond motifs is 1. The van der Waals surface area contributed by atoms with E-state index < -0.39 is 0 Å². The van der Waals surface area contributed by atoms with Gasteiger partial charge in [0, 0.05) is 18.8 Å². The Balaban J connectivity index is 1.88. The fourth-order valence-electron chi connectivity index (χ4n) is 2.35. The molecule has 1 aliphatic rings. The molecule has 2 N–H and O–H groups in total. The molecule has 5 nitrogen and oxygen atoms in total. The van der Waals surface area contributed by atoms with E-state index in [0.29, 0.717) is 18.2 Å². The molecule has 0 aromatic carbocycles. The highest BCUT2D eigenvalue weighted by atomic mass is 16.2. The molecular weight excluding hydrogens is 240 g/mol. The number of aromatic nitrogens is 2. The van der Waals surface area contributed by atoms with Gasteiger partial charge in [0.05, 0.1) is 17.3 Å². The van der Waals surface area contributed by atoms with E-state index in [0.717, 1.165) is 31.3 Å². The van der Waals surface area contributed by atoms with Gasteiger partial charge in [0.2, 0.25) is 0 Å². The summed E-state index contributed by atoms with van der Waals surface area (Å²) in [5.41, 5.74) is 7.10. The number of pyridine rings is 1. The Morgan fingerprint density at radius 1 is 1.47 bits per heavy atom. The standard InChI is InChI=1S/C14H18N4O/c15-7-3-8-17(11-5-6-11)14(19)12-10-16-18-9-2-1-4-13(12)18/h1-2,4,9-11H,3,5-8,15H2. The van der Waals surface area contributed by atoms with E-state index in [1.807, 2.05) is 29.3 Å². The van der Waals surface area contributed by atoms with Crippen molar-refractivity contribution in [2.24, 2.45) is 5.73 Å². The Morgan fingerprint density at radius 2 is 2.32 bits per heavy atom. The molecule has 1 amide bonds. The van der Waals surface area contributed by atoms with Gasteiger partial charge in [0.1, 0.15) is 0 Å². The first kappa shape index (κ1) is 12.2. The molecule has 5 heteroatoms. The quantitative estimate of drug-likeness (QED) is 0.879. The SMILES string of the molecule is NCCCN(C(=O)c1cnn2ccccc12)C1CC1. The number of hydrogen-bond acceptors (Lipinski definition) is 3. The zero-order valence-electron chi connectivity index (χ0n) is 10.8. The summed E-state index contributed by atoms with van der Waals surface area (Å²) >= 11 is 0. The van der Waals surface area contributed by atoms with Crippen molar-refractivity contribution in [3.05, 3.63) is 36.2 Å². The van der Waals surface area contributed by atoms with Crippen molar-refractivity contribution in [2.75, 3.05) is 13.1 Å². The van der Waals surface area contributed by atoms with Crippen LogP contribution in [0.25, 0.3) is 5.52 Å². The van der Waals surface area contributed by atoms with Gasteiger partial charge in [-0.2, -0.15) is 5.10 Å². The molecule has 0 radical (unpaired) electrons. The molecule has 2 heterocycles. The van der Waals surface area contributed by atoms with E-state index in [1.54, 1.807) is 10.7 Å². The van der Waals surface area contributed by atoms with Crippen LogP contribution in [0.5, 0.6) is 0 Å². The molecular formula is C14H18N4O. The number of nitrogens with two attached hydrogens (primary N) is 1. The number of amides is 1. The highest BCUT2D eigenvalue weighted by Gasteiger charge is 2.33. The first-order valence-electron chi connectivity index (χ1n) is 6.74. The van der Waals surface area contributed by atoms with Crippen molar-refractivity contribution < 1.29 is 4.79 Å². The third kappa shape index (κ3) is 2.33. The zero-order chi connectivity index (χ0) is 13.2. The molecule has 0 unspecified atom stereocenters. The molecule has 3 rings (SSSR count). The van der Waals surface area contributed by atoms with Crippen molar-refractivity contribution in [1.82, 2.24) is 14.5 Å². The smallest absolute Gasteiger partial charge is 0.257 e. The minimum atomic E-state index is 0.0807. The number of carbonyl (C=O) groups excluding carboxylic acids is 1. The molecule has 2 aromatic rings. The maximum atomic E-state index is 12.6. The largest absolute Gasteiger partial charge is 0.335 e. The van der Waals surface area contributed by atoms with Crippen LogP contribution in [0.3, 0.4) is 0 Å². The molecule has 1 aliphatic carbocycles. The zero-order valence-corrected chi connectivity index (χ0v) is 10.8. The second kappa shape index (κ2) is 5.01. The molecule has 0 saturated heterocycles. The van der Waals surface area contributed by atoms with Crippen LogP contribution in [0.2, 0.25) is 0 Å². The van der Waals surface area contributed by atoms with Gasteiger partial charge in [-0.3, -0.25) is 4.79 Å². The topological polar surface area (TPSA) is 63.6 Å². The van der Waals surface area contributed by atoms with Crippen LogP contribution < -0.4 is 5.73 Å². The Hall–Kier alpha value is -1.88. The van der Waals surface area contributed by atoms with Crippen molar-refractivity contribution >= 4 is 11.4 Å². The minimum Gasteiger partial charge on any atom is -0.335 e. The van der Waals surface area contributed by atoms with Gasteiger partial charge in [0.25, 0.3) is 5.91 Å². The summed E-state index contributed by atoms with van der Waals surface area (Å²) in [6, 6.07) is 6.16. The van der Waals surface area contributed by atoms with E-state index in [9.17, 15) is 4.79 Å². The molecule has 0 aliphatic heterocycles. The fourth-order valence-corrected chi connectivity index (χ4v) is 2.35. The lowest BCUT2D eigenvalue weighted by molar-refractivity contribution is 0.0744. The molecule has 2 aromatic heterocycles.